The number of nitrogens with one attached hydrogen (secondary N) is 1. The Bertz CT molecular complexity index is 890. The molecule has 0 fully saturated rings. The first-order valence-corrected chi connectivity index (χ1v) is 12.7. The number of carbonyl (C=O) groups is 1. The zero-order chi connectivity index (χ0) is 20.6. The molecule has 0 saturated carbocycles. The van der Waals surface area contributed by atoms with Crippen LogP contribution in [0.15, 0.2) is 58.3 Å². The summed E-state index contributed by atoms with van der Waals surface area (Å²) in [4.78, 5) is 13.2. The minimum atomic E-state index is -3.69. The Kier molecular flexibility index (Phi) is 9.17. The lowest BCUT2D eigenvalue weighted by Crippen LogP contribution is -2.39. The summed E-state index contributed by atoms with van der Waals surface area (Å²) in [5, 5.41) is 3.46. The molecular weight excluding hydrogens is 436 g/mol. The van der Waals surface area contributed by atoms with Crippen molar-refractivity contribution in [3.63, 3.8) is 0 Å². The minimum Gasteiger partial charge on any atom is -0.354 e. The highest BCUT2D eigenvalue weighted by Gasteiger charge is 2.22. The molecule has 0 aliphatic rings. The quantitative estimate of drug-likeness (QED) is 0.434. The summed E-state index contributed by atoms with van der Waals surface area (Å²) >= 11 is 9.16. The molecule has 0 aliphatic heterocycles. The number of hydrogen-bond donors (Lipinski definition) is 1. The van der Waals surface area contributed by atoms with E-state index >= 15 is 0 Å². The van der Waals surface area contributed by atoms with E-state index in [1.54, 1.807) is 36.0 Å². The molecule has 0 radical (unpaired) electrons. The summed E-state index contributed by atoms with van der Waals surface area (Å²) in [5.41, 5.74) is 1.13. The number of halogens is 1. The number of thioether (sulfide) groups is 2. The number of sulfonamides is 1. The van der Waals surface area contributed by atoms with Gasteiger partial charge in [0.15, 0.2) is 0 Å². The van der Waals surface area contributed by atoms with E-state index < -0.39 is 10.0 Å². The molecular formula is C19H23ClN2O3S3. The van der Waals surface area contributed by atoms with Crippen LogP contribution in [0.25, 0.3) is 0 Å². The number of carbonyl (C=O) groups excluding carboxylic acids is 1. The topological polar surface area (TPSA) is 66.5 Å². The summed E-state index contributed by atoms with van der Waals surface area (Å²) < 4.78 is 26.2. The van der Waals surface area contributed by atoms with Crippen LogP contribution in [0.4, 0.5) is 0 Å². The predicted molar refractivity (Wildman–Crippen MR) is 119 cm³/mol. The first kappa shape index (κ1) is 23.1. The second-order valence-electron chi connectivity index (χ2n) is 5.97. The van der Waals surface area contributed by atoms with E-state index in [1.165, 1.54) is 18.8 Å². The van der Waals surface area contributed by atoms with Gasteiger partial charge in [0.1, 0.15) is 0 Å². The Morgan fingerprint density at radius 3 is 2.54 bits per heavy atom. The molecule has 2 aromatic carbocycles. The van der Waals surface area contributed by atoms with Crippen molar-refractivity contribution < 1.29 is 13.2 Å². The maximum atomic E-state index is 12.6. The van der Waals surface area contributed by atoms with Crippen LogP contribution in [0.5, 0.6) is 0 Å². The fourth-order valence-corrected chi connectivity index (χ4v) is 4.90. The van der Waals surface area contributed by atoms with Crippen molar-refractivity contribution in [2.45, 2.75) is 15.5 Å². The Labute approximate surface area is 180 Å². The van der Waals surface area contributed by atoms with Crippen molar-refractivity contribution in [2.24, 2.45) is 0 Å². The molecule has 28 heavy (non-hydrogen) atoms. The zero-order valence-corrected chi connectivity index (χ0v) is 18.9. The molecule has 9 heteroatoms. The lowest BCUT2D eigenvalue weighted by Gasteiger charge is -2.17. The molecule has 1 N–H and O–H groups in total. The van der Waals surface area contributed by atoms with E-state index in [-0.39, 0.29) is 17.3 Å². The van der Waals surface area contributed by atoms with Gasteiger partial charge in [0.25, 0.3) is 0 Å². The van der Waals surface area contributed by atoms with Gasteiger partial charge in [0, 0.05) is 35.0 Å². The first-order valence-electron chi connectivity index (χ1n) is 8.52. The maximum absolute atomic E-state index is 12.6. The van der Waals surface area contributed by atoms with Crippen LogP contribution < -0.4 is 5.32 Å². The molecule has 0 bridgehead atoms. The smallest absolute Gasteiger partial charge is 0.243 e. The van der Waals surface area contributed by atoms with Gasteiger partial charge in [-0.25, -0.2) is 8.42 Å². The Morgan fingerprint density at radius 2 is 1.89 bits per heavy atom. The predicted octanol–water partition coefficient (Wildman–Crippen LogP) is 3.73. The van der Waals surface area contributed by atoms with Crippen LogP contribution >= 0.6 is 35.1 Å². The summed E-state index contributed by atoms with van der Waals surface area (Å²) in [6, 6.07) is 14.3. The molecule has 0 spiro atoms. The molecule has 2 aromatic rings. The second-order valence-corrected chi connectivity index (χ2v) is 10.4. The lowest BCUT2D eigenvalue weighted by atomic mass is 10.2. The molecule has 1 amide bonds. The van der Waals surface area contributed by atoms with Crippen molar-refractivity contribution in [1.82, 2.24) is 9.62 Å². The third-order valence-electron chi connectivity index (χ3n) is 3.86. The number of likely N-dealkylation sites (N-methyl/N-ethyl adjacent to an activating group) is 1. The van der Waals surface area contributed by atoms with E-state index in [0.717, 1.165) is 26.3 Å². The molecule has 0 heterocycles. The Hall–Kier alpha value is -1.19. The van der Waals surface area contributed by atoms with Gasteiger partial charge in [-0.15, -0.1) is 11.8 Å². The van der Waals surface area contributed by atoms with Gasteiger partial charge in [-0.05, 0) is 48.2 Å². The second kappa shape index (κ2) is 11.1. The van der Waals surface area contributed by atoms with Gasteiger partial charge < -0.3 is 5.32 Å². The van der Waals surface area contributed by atoms with Crippen molar-refractivity contribution in [3.05, 3.63) is 59.1 Å². The fourth-order valence-electron chi connectivity index (χ4n) is 2.35. The average molecular weight is 459 g/mol. The van der Waals surface area contributed by atoms with Crippen LogP contribution in [0, 0.1) is 0 Å². The number of benzene rings is 2. The van der Waals surface area contributed by atoms with E-state index in [4.69, 9.17) is 11.6 Å². The molecule has 0 unspecified atom stereocenters. The highest BCUT2D eigenvalue weighted by atomic mass is 35.5. The zero-order valence-electron chi connectivity index (χ0n) is 15.7. The third-order valence-corrected chi connectivity index (χ3v) is 7.69. The third kappa shape index (κ3) is 7.00. The molecule has 0 saturated heterocycles. The normalized spacial score (nSPS) is 11.6. The summed E-state index contributed by atoms with van der Waals surface area (Å²) in [6.07, 6.45) is 1.92. The first-order chi connectivity index (χ1) is 13.3. The number of hydrogen-bond acceptors (Lipinski definition) is 5. The van der Waals surface area contributed by atoms with Crippen molar-refractivity contribution >= 4 is 51.1 Å². The lowest BCUT2D eigenvalue weighted by molar-refractivity contribution is -0.121. The SMILES string of the molecule is CSc1ccc(S(=O)(=O)N(C)CC(=O)NCCSCc2cccc(Cl)c2)cc1. The summed E-state index contributed by atoms with van der Waals surface area (Å²) in [5.74, 6) is 1.21. The van der Waals surface area contributed by atoms with Crippen LogP contribution in [-0.4, -0.2) is 50.8 Å². The van der Waals surface area contributed by atoms with Gasteiger partial charge >= 0.3 is 0 Å². The number of rotatable bonds is 10. The van der Waals surface area contributed by atoms with Gasteiger partial charge in [-0.2, -0.15) is 16.1 Å². The minimum absolute atomic E-state index is 0.178. The molecule has 0 aliphatic carbocycles. The van der Waals surface area contributed by atoms with Gasteiger partial charge in [0.05, 0.1) is 11.4 Å². The Balaban J connectivity index is 1.75. The number of amides is 1. The molecule has 2 rings (SSSR count). The molecule has 0 aromatic heterocycles. The number of nitrogens with zero attached hydrogens (tertiary/aromatic N) is 1. The largest absolute Gasteiger partial charge is 0.354 e. The highest BCUT2D eigenvalue weighted by Crippen LogP contribution is 2.20. The van der Waals surface area contributed by atoms with Gasteiger partial charge in [-0.1, -0.05) is 23.7 Å². The van der Waals surface area contributed by atoms with Crippen molar-refractivity contribution in [3.8, 4) is 0 Å². The van der Waals surface area contributed by atoms with Crippen molar-refractivity contribution in [2.75, 3.05) is 32.1 Å². The van der Waals surface area contributed by atoms with Gasteiger partial charge in [0.2, 0.25) is 15.9 Å². The summed E-state index contributed by atoms with van der Waals surface area (Å²) in [6.45, 7) is 0.256. The monoisotopic (exact) mass is 458 g/mol. The molecule has 152 valence electrons. The fraction of sp³-hybridized carbons (Fsp3) is 0.316. The van der Waals surface area contributed by atoms with E-state index in [9.17, 15) is 13.2 Å². The van der Waals surface area contributed by atoms with E-state index in [0.29, 0.717) is 11.6 Å². The van der Waals surface area contributed by atoms with Gasteiger partial charge in [-0.3, -0.25) is 4.79 Å². The van der Waals surface area contributed by atoms with E-state index in [2.05, 4.69) is 5.32 Å². The maximum Gasteiger partial charge on any atom is 0.243 e. The van der Waals surface area contributed by atoms with Crippen LogP contribution in [-0.2, 0) is 20.6 Å². The van der Waals surface area contributed by atoms with Crippen LogP contribution in [0.1, 0.15) is 5.56 Å². The summed E-state index contributed by atoms with van der Waals surface area (Å²) in [7, 11) is -2.28. The van der Waals surface area contributed by atoms with Crippen molar-refractivity contribution in [1.29, 1.82) is 0 Å². The highest BCUT2D eigenvalue weighted by molar-refractivity contribution is 7.98. The Morgan fingerprint density at radius 1 is 1.18 bits per heavy atom. The molecule has 0 atom stereocenters. The molecule has 5 nitrogen and oxygen atoms in total. The van der Waals surface area contributed by atoms with Crippen LogP contribution in [0.3, 0.4) is 0 Å². The average Bonchev–Trinajstić information content (AvgIpc) is 2.67. The standard InChI is InChI=1S/C19H23ClN2O3S3/c1-22(28(24,25)18-8-6-17(26-2)7-9-18)13-19(23)21-10-11-27-14-15-4-3-5-16(20)12-15/h3-9,12H,10-11,13-14H2,1-2H3,(H,21,23). The van der Waals surface area contributed by atoms with E-state index in [1.807, 2.05) is 30.5 Å². The van der Waals surface area contributed by atoms with Crippen LogP contribution in [0.2, 0.25) is 5.02 Å².